The first-order chi connectivity index (χ1) is 17.0. The summed E-state index contributed by atoms with van der Waals surface area (Å²) in [4.78, 5) is 5.13. The first kappa shape index (κ1) is 24.5. The van der Waals surface area contributed by atoms with Gasteiger partial charge in [-0.2, -0.15) is 0 Å². The van der Waals surface area contributed by atoms with Crippen LogP contribution in [0.5, 0.6) is 0 Å². The van der Waals surface area contributed by atoms with Gasteiger partial charge in [-0.25, -0.2) is 0 Å². The van der Waals surface area contributed by atoms with Gasteiger partial charge in [0, 0.05) is 54.6 Å². The second kappa shape index (κ2) is 9.35. The van der Waals surface area contributed by atoms with E-state index in [9.17, 15) is 0 Å². The molecule has 4 aromatic carbocycles. The molecule has 2 aromatic heterocycles. The third-order valence-electron chi connectivity index (χ3n) is 7.18. The predicted octanol–water partition coefficient (Wildman–Crippen LogP) is 8.38. The van der Waals surface area contributed by atoms with E-state index in [4.69, 9.17) is 4.98 Å². The average Bonchev–Trinajstić information content (AvgIpc) is 3.39. The van der Waals surface area contributed by atoms with E-state index in [1.165, 1.54) is 38.6 Å². The molecular formula is C32H30IrN3-. The number of aromatic nitrogens is 3. The van der Waals surface area contributed by atoms with Crippen molar-refractivity contribution in [3.8, 4) is 17.1 Å². The van der Waals surface area contributed by atoms with Crippen LogP contribution in [-0.2, 0) is 27.2 Å². The summed E-state index contributed by atoms with van der Waals surface area (Å²) in [6, 6.07) is 31.3. The van der Waals surface area contributed by atoms with Crippen molar-refractivity contribution in [2.45, 2.75) is 39.5 Å². The van der Waals surface area contributed by atoms with Gasteiger partial charge >= 0.3 is 0 Å². The standard InChI is InChI=1S/C32H30N3.Ir/c1-20(2)24-19-28-30(23-15-9-11-17-26(23)34(28)5)29(21(3)4)31(24)35-27-18-12-10-16-25(27)33-32(35)22-13-7-6-8-14-22;/h6-13,15-21H,1-5H3;/q-1;. The molecule has 0 unspecified atom stereocenters. The van der Waals surface area contributed by atoms with Gasteiger partial charge in [0.2, 0.25) is 0 Å². The van der Waals surface area contributed by atoms with Crippen LogP contribution >= 0.6 is 0 Å². The minimum absolute atomic E-state index is 0. The van der Waals surface area contributed by atoms with Gasteiger partial charge < -0.3 is 9.13 Å². The average molecular weight is 649 g/mol. The summed E-state index contributed by atoms with van der Waals surface area (Å²) in [5.41, 5.74) is 9.68. The van der Waals surface area contributed by atoms with Crippen molar-refractivity contribution in [3.05, 3.63) is 96.1 Å². The van der Waals surface area contributed by atoms with E-state index in [0.717, 1.165) is 22.4 Å². The van der Waals surface area contributed by atoms with E-state index in [-0.39, 0.29) is 20.1 Å². The molecule has 0 saturated carbocycles. The Bertz CT molecular complexity index is 1700. The zero-order valence-electron chi connectivity index (χ0n) is 21.3. The van der Waals surface area contributed by atoms with E-state index in [0.29, 0.717) is 11.8 Å². The number of hydrogen-bond donors (Lipinski definition) is 0. The number of nitrogens with zero attached hydrogens (tertiary/aromatic N) is 3. The van der Waals surface area contributed by atoms with Crippen molar-refractivity contribution in [2.24, 2.45) is 7.05 Å². The number of rotatable bonds is 4. The molecule has 0 spiro atoms. The molecule has 0 atom stereocenters. The molecule has 0 aliphatic carbocycles. The van der Waals surface area contributed by atoms with Crippen LogP contribution in [0, 0.1) is 6.07 Å². The molecular weight excluding hydrogens is 619 g/mol. The van der Waals surface area contributed by atoms with Crippen molar-refractivity contribution < 1.29 is 20.1 Å². The van der Waals surface area contributed by atoms with Crippen LogP contribution in [-0.4, -0.2) is 14.1 Å². The van der Waals surface area contributed by atoms with Crippen LogP contribution in [0.4, 0.5) is 0 Å². The van der Waals surface area contributed by atoms with Gasteiger partial charge in [-0.3, -0.25) is 4.98 Å². The maximum absolute atomic E-state index is 5.13. The normalized spacial score (nSPS) is 11.8. The first-order valence-corrected chi connectivity index (χ1v) is 12.5. The smallest absolute Gasteiger partial charge is 0.0774 e. The molecule has 0 aliphatic heterocycles. The number of hydrogen-bond acceptors (Lipinski definition) is 1. The summed E-state index contributed by atoms with van der Waals surface area (Å²) < 4.78 is 4.75. The molecule has 0 saturated heterocycles. The Morgan fingerprint density at radius 2 is 1.47 bits per heavy atom. The van der Waals surface area contributed by atoms with Crippen LogP contribution in [0.2, 0.25) is 0 Å². The van der Waals surface area contributed by atoms with Gasteiger partial charge in [-0.05, 0) is 47.2 Å². The Labute approximate surface area is 226 Å². The molecule has 36 heavy (non-hydrogen) atoms. The Kier molecular flexibility index (Phi) is 6.36. The van der Waals surface area contributed by atoms with Crippen LogP contribution in [0.3, 0.4) is 0 Å². The number of imidazole rings is 1. The second-order valence-corrected chi connectivity index (χ2v) is 10.0. The molecule has 3 nitrogen and oxygen atoms in total. The third-order valence-corrected chi connectivity index (χ3v) is 7.18. The van der Waals surface area contributed by atoms with E-state index < -0.39 is 0 Å². The molecule has 6 aromatic rings. The van der Waals surface area contributed by atoms with Crippen LogP contribution in [0.25, 0.3) is 49.9 Å². The number of para-hydroxylation sites is 3. The summed E-state index contributed by atoms with van der Waals surface area (Å²) in [6.45, 7) is 9.23. The van der Waals surface area contributed by atoms with Crippen molar-refractivity contribution >= 4 is 32.8 Å². The quantitative estimate of drug-likeness (QED) is 0.176. The fourth-order valence-corrected chi connectivity index (χ4v) is 5.57. The SMILES string of the molecule is CC(C)c1cc2c(c(C(C)C)c1-n1c(-c3[c-]cccc3)nc3ccccc31)c1ccccc1n2C.[Ir]. The van der Waals surface area contributed by atoms with E-state index in [1.807, 2.05) is 12.1 Å². The number of aryl methyl sites for hydroxylation is 1. The minimum Gasteiger partial charge on any atom is -0.344 e. The van der Waals surface area contributed by atoms with Gasteiger partial charge in [-0.15, -0.1) is 35.9 Å². The number of fused-ring (bicyclic) bond motifs is 4. The molecule has 2 heterocycles. The Balaban J connectivity index is 0.00000267. The van der Waals surface area contributed by atoms with E-state index in [1.54, 1.807) is 0 Å². The Morgan fingerprint density at radius 3 is 2.17 bits per heavy atom. The molecule has 0 bridgehead atoms. The zero-order valence-corrected chi connectivity index (χ0v) is 23.7. The summed E-state index contributed by atoms with van der Waals surface area (Å²) in [6.07, 6.45) is 0. The van der Waals surface area contributed by atoms with Crippen molar-refractivity contribution in [3.63, 3.8) is 0 Å². The van der Waals surface area contributed by atoms with Crippen LogP contribution in [0.1, 0.15) is 50.7 Å². The van der Waals surface area contributed by atoms with Gasteiger partial charge in [0.25, 0.3) is 0 Å². The summed E-state index contributed by atoms with van der Waals surface area (Å²) >= 11 is 0. The molecule has 183 valence electrons. The molecule has 1 radical (unpaired) electrons. The van der Waals surface area contributed by atoms with Crippen molar-refractivity contribution in [1.82, 2.24) is 14.1 Å². The fourth-order valence-electron chi connectivity index (χ4n) is 5.57. The summed E-state index contributed by atoms with van der Waals surface area (Å²) in [5.74, 6) is 1.61. The molecule has 6 rings (SSSR count). The molecule has 0 aliphatic rings. The molecule has 4 heteroatoms. The second-order valence-electron chi connectivity index (χ2n) is 10.0. The minimum atomic E-state index is 0. The maximum Gasteiger partial charge on any atom is 0.0774 e. The third kappa shape index (κ3) is 3.63. The summed E-state index contributed by atoms with van der Waals surface area (Å²) in [5, 5.41) is 2.65. The zero-order chi connectivity index (χ0) is 24.3. The number of benzene rings is 4. The first-order valence-electron chi connectivity index (χ1n) is 12.5. The maximum atomic E-state index is 5.13. The van der Waals surface area contributed by atoms with E-state index in [2.05, 4.69) is 117 Å². The van der Waals surface area contributed by atoms with Crippen LogP contribution in [0.15, 0.2) is 78.9 Å². The monoisotopic (exact) mass is 649 g/mol. The molecule has 0 fully saturated rings. The molecule has 0 N–H and O–H groups in total. The van der Waals surface area contributed by atoms with Gasteiger partial charge in [0.15, 0.2) is 0 Å². The molecule has 0 amide bonds. The van der Waals surface area contributed by atoms with E-state index >= 15 is 0 Å². The predicted molar refractivity (Wildman–Crippen MR) is 148 cm³/mol. The fraction of sp³-hybridized carbons (Fsp3) is 0.219. The topological polar surface area (TPSA) is 22.8 Å². The van der Waals surface area contributed by atoms with Gasteiger partial charge in [0.05, 0.1) is 16.9 Å². The largest absolute Gasteiger partial charge is 0.344 e. The van der Waals surface area contributed by atoms with Gasteiger partial charge in [-0.1, -0.05) is 58.0 Å². The summed E-state index contributed by atoms with van der Waals surface area (Å²) in [7, 11) is 2.19. The van der Waals surface area contributed by atoms with Gasteiger partial charge in [0.1, 0.15) is 0 Å². The van der Waals surface area contributed by atoms with Crippen molar-refractivity contribution in [2.75, 3.05) is 0 Å². The Morgan fingerprint density at radius 1 is 0.778 bits per heavy atom. The Hall–Kier alpha value is -3.20. The van der Waals surface area contributed by atoms with Crippen molar-refractivity contribution in [1.29, 1.82) is 0 Å². The van der Waals surface area contributed by atoms with Crippen LogP contribution < -0.4 is 0 Å².